The molecular weight excluding hydrogens is 236 g/mol. The molecule has 0 spiro atoms. The Labute approximate surface area is 107 Å². The lowest BCUT2D eigenvalue weighted by atomic mass is 10.1. The zero-order valence-corrected chi connectivity index (χ0v) is 10.6. The van der Waals surface area contributed by atoms with E-state index in [1.165, 1.54) is 0 Å². The average molecular weight is 253 g/mol. The van der Waals surface area contributed by atoms with E-state index in [1.54, 1.807) is 0 Å². The molecular formula is C13H17ClN2O. The summed E-state index contributed by atoms with van der Waals surface area (Å²) in [6, 6.07) is 7.54. The van der Waals surface area contributed by atoms with Crippen LogP contribution in [0.1, 0.15) is 31.4 Å². The van der Waals surface area contributed by atoms with Gasteiger partial charge in [0.2, 0.25) is 5.91 Å². The maximum atomic E-state index is 11.9. The van der Waals surface area contributed by atoms with Gasteiger partial charge < -0.3 is 10.6 Å². The highest BCUT2D eigenvalue weighted by Crippen LogP contribution is 2.17. The number of carbonyl (C=O) groups is 1. The number of carbonyl (C=O) groups excluding carboxylic acids is 1. The Morgan fingerprint density at radius 1 is 1.59 bits per heavy atom. The van der Waals surface area contributed by atoms with Crippen molar-refractivity contribution in [2.45, 2.75) is 31.8 Å². The van der Waals surface area contributed by atoms with Crippen LogP contribution in [0.3, 0.4) is 0 Å². The lowest BCUT2D eigenvalue weighted by Crippen LogP contribution is -2.41. The Morgan fingerprint density at radius 2 is 2.41 bits per heavy atom. The monoisotopic (exact) mass is 252 g/mol. The molecule has 2 rings (SSSR count). The van der Waals surface area contributed by atoms with Gasteiger partial charge in [0.05, 0.1) is 12.1 Å². The highest BCUT2D eigenvalue weighted by atomic mass is 35.5. The summed E-state index contributed by atoms with van der Waals surface area (Å²) >= 11 is 5.93. The van der Waals surface area contributed by atoms with E-state index in [9.17, 15) is 4.79 Å². The van der Waals surface area contributed by atoms with Gasteiger partial charge >= 0.3 is 0 Å². The van der Waals surface area contributed by atoms with Gasteiger partial charge in [0, 0.05) is 5.02 Å². The molecule has 1 amide bonds. The molecule has 1 unspecified atom stereocenters. The molecule has 92 valence electrons. The van der Waals surface area contributed by atoms with Gasteiger partial charge in [0.15, 0.2) is 0 Å². The molecule has 0 aliphatic carbocycles. The molecule has 0 aromatic heterocycles. The van der Waals surface area contributed by atoms with E-state index in [0.29, 0.717) is 5.02 Å². The predicted molar refractivity (Wildman–Crippen MR) is 69.0 cm³/mol. The third-order valence-corrected chi connectivity index (χ3v) is 3.32. The molecule has 4 heteroatoms. The third-order valence-electron chi connectivity index (χ3n) is 3.08. The summed E-state index contributed by atoms with van der Waals surface area (Å²) in [6.07, 6.45) is 2.00. The second kappa shape index (κ2) is 5.52. The van der Waals surface area contributed by atoms with E-state index in [4.69, 9.17) is 11.6 Å². The minimum atomic E-state index is -0.0309. The first-order valence-electron chi connectivity index (χ1n) is 5.96. The Morgan fingerprint density at radius 3 is 3.06 bits per heavy atom. The fourth-order valence-electron chi connectivity index (χ4n) is 2.08. The van der Waals surface area contributed by atoms with Gasteiger partial charge in [-0.15, -0.1) is 0 Å². The van der Waals surface area contributed by atoms with Gasteiger partial charge in [-0.2, -0.15) is 0 Å². The number of nitrogens with one attached hydrogen (secondary N) is 2. The fraction of sp³-hybridized carbons (Fsp3) is 0.462. The number of hydrogen-bond donors (Lipinski definition) is 2. The highest BCUT2D eigenvalue weighted by molar-refractivity contribution is 6.30. The van der Waals surface area contributed by atoms with Crippen LogP contribution in [-0.4, -0.2) is 18.5 Å². The minimum Gasteiger partial charge on any atom is -0.348 e. The molecule has 3 nitrogen and oxygen atoms in total. The second-order valence-corrected chi connectivity index (χ2v) is 4.87. The smallest absolute Gasteiger partial charge is 0.237 e. The van der Waals surface area contributed by atoms with Crippen molar-refractivity contribution in [1.82, 2.24) is 10.6 Å². The number of halogens is 1. The van der Waals surface area contributed by atoms with Gasteiger partial charge in [-0.3, -0.25) is 4.79 Å². The van der Waals surface area contributed by atoms with E-state index in [0.717, 1.165) is 24.9 Å². The van der Waals surface area contributed by atoms with Crippen LogP contribution >= 0.6 is 11.6 Å². The minimum absolute atomic E-state index is 0.0106. The third kappa shape index (κ3) is 3.20. The molecule has 2 N–H and O–H groups in total. The van der Waals surface area contributed by atoms with Gasteiger partial charge in [0.25, 0.3) is 0 Å². The summed E-state index contributed by atoms with van der Waals surface area (Å²) < 4.78 is 0. The van der Waals surface area contributed by atoms with Crippen LogP contribution < -0.4 is 10.6 Å². The Balaban J connectivity index is 1.96. The maximum Gasteiger partial charge on any atom is 0.237 e. The molecule has 0 radical (unpaired) electrons. The molecule has 2 atom stereocenters. The van der Waals surface area contributed by atoms with Gasteiger partial charge in [-0.25, -0.2) is 0 Å². The van der Waals surface area contributed by atoms with Crippen molar-refractivity contribution in [3.05, 3.63) is 34.9 Å². The van der Waals surface area contributed by atoms with Crippen molar-refractivity contribution in [3.8, 4) is 0 Å². The highest BCUT2D eigenvalue weighted by Gasteiger charge is 2.23. The molecule has 1 heterocycles. The molecule has 0 bridgehead atoms. The topological polar surface area (TPSA) is 41.1 Å². The first-order valence-corrected chi connectivity index (χ1v) is 6.34. The Bertz CT molecular complexity index is 402. The van der Waals surface area contributed by atoms with Gasteiger partial charge in [-0.1, -0.05) is 23.7 Å². The lowest BCUT2D eigenvalue weighted by Gasteiger charge is -2.17. The Kier molecular flexibility index (Phi) is 4.02. The molecule has 1 saturated heterocycles. The van der Waals surface area contributed by atoms with Crippen LogP contribution in [0.5, 0.6) is 0 Å². The second-order valence-electron chi connectivity index (χ2n) is 4.43. The summed E-state index contributed by atoms with van der Waals surface area (Å²) in [4.78, 5) is 11.9. The summed E-state index contributed by atoms with van der Waals surface area (Å²) in [7, 11) is 0. The predicted octanol–water partition coefficient (Wildman–Crippen LogP) is 2.27. The molecule has 0 saturated carbocycles. The van der Waals surface area contributed by atoms with Crippen LogP contribution in [-0.2, 0) is 4.79 Å². The molecule has 1 aromatic carbocycles. The van der Waals surface area contributed by atoms with Crippen molar-refractivity contribution >= 4 is 17.5 Å². The first-order chi connectivity index (χ1) is 8.16. The van der Waals surface area contributed by atoms with E-state index in [-0.39, 0.29) is 18.0 Å². The molecule has 17 heavy (non-hydrogen) atoms. The van der Waals surface area contributed by atoms with Gasteiger partial charge in [0.1, 0.15) is 0 Å². The molecule has 1 aliphatic rings. The fourth-order valence-corrected chi connectivity index (χ4v) is 2.28. The van der Waals surface area contributed by atoms with Crippen LogP contribution in [0.2, 0.25) is 5.02 Å². The molecule has 1 fully saturated rings. The van der Waals surface area contributed by atoms with Crippen molar-refractivity contribution in [1.29, 1.82) is 0 Å². The number of rotatable bonds is 3. The van der Waals surface area contributed by atoms with E-state index >= 15 is 0 Å². The average Bonchev–Trinajstić information content (AvgIpc) is 2.82. The number of amides is 1. The van der Waals surface area contributed by atoms with Gasteiger partial charge in [-0.05, 0) is 44.0 Å². The maximum absolute atomic E-state index is 11.9. The summed E-state index contributed by atoms with van der Waals surface area (Å²) in [6.45, 7) is 2.90. The zero-order valence-electron chi connectivity index (χ0n) is 9.87. The van der Waals surface area contributed by atoms with Crippen LogP contribution in [0.4, 0.5) is 0 Å². The summed E-state index contributed by atoms with van der Waals surface area (Å²) in [5.74, 6) is 0.0787. The first kappa shape index (κ1) is 12.4. The van der Waals surface area contributed by atoms with E-state index in [2.05, 4.69) is 10.6 Å². The zero-order chi connectivity index (χ0) is 12.3. The van der Waals surface area contributed by atoms with Crippen molar-refractivity contribution in [3.63, 3.8) is 0 Å². The van der Waals surface area contributed by atoms with Crippen LogP contribution in [0.15, 0.2) is 24.3 Å². The quantitative estimate of drug-likeness (QED) is 0.867. The molecule has 1 aromatic rings. The van der Waals surface area contributed by atoms with E-state index < -0.39 is 0 Å². The number of benzene rings is 1. The van der Waals surface area contributed by atoms with Crippen LogP contribution in [0.25, 0.3) is 0 Å². The largest absolute Gasteiger partial charge is 0.348 e. The summed E-state index contributed by atoms with van der Waals surface area (Å²) in [5, 5.41) is 6.89. The Hall–Kier alpha value is -1.06. The number of hydrogen-bond acceptors (Lipinski definition) is 2. The standard InChI is InChI=1S/C13H17ClN2O/c1-9(10-4-2-5-11(14)8-10)16-13(17)12-6-3-7-15-12/h2,4-5,8-9,12,15H,3,6-7H2,1H3,(H,16,17)/t9?,12-/m0/s1. The lowest BCUT2D eigenvalue weighted by molar-refractivity contribution is -0.123. The SMILES string of the molecule is CC(NC(=O)[C@@H]1CCCN1)c1cccc(Cl)c1. The van der Waals surface area contributed by atoms with Crippen molar-refractivity contribution < 1.29 is 4.79 Å². The summed E-state index contributed by atoms with van der Waals surface area (Å²) in [5.41, 5.74) is 1.03. The van der Waals surface area contributed by atoms with Crippen molar-refractivity contribution in [2.75, 3.05) is 6.54 Å². The van der Waals surface area contributed by atoms with Crippen molar-refractivity contribution in [2.24, 2.45) is 0 Å². The molecule has 1 aliphatic heterocycles. The van der Waals surface area contributed by atoms with E-state index in [1.807, 2.05) is 31.2 Å². The normalized spacial score (nSPS) is 21.2. The van der Waals surface area contributed by atoms with Crippen LogP contribution in [0, 0.1) is 0 Å².